The van der Waals surface area contributed by atoms with E-state index in [1.807, 2.05) is 18.5 Å². The molecule has 3 heterocycles. The van der Waals surface area contributed by atoms with E-state index >= 15 is 0 Å². The zero-order valence-electron chi connectivity index (χ0n) is 16.2. The normalized spacial score (nSPS) is 22.3. The van der Waals surface area contributed by atoms with Crippen LogP contribution in [0.5, 0.6) is 0 Å². The van der Waals surface area contributed by atoms with Gasteiger partial charge in [-0.3, -0.25) is 4.98 Å². The van der Waals surface area contributed by atoms with Crippen molar-refractivity contribution in [3.05, 3.63) is 89.8 Å². The molecule has 0 saturated heterocycles. The number of rotatable bonds is 2. The summed E-state index contributed by atoms with van der Waals surface area (Å²) in [6.45, 7) is 2.13. The Morgan fingerprint density at radius 2 is 2.07 bits per heavy atom. The minimum atomic E-state index is 0.299. The number of nitrogens with zero attached hydrogens (tertiary/aromatic N) is 2. The Kier molecular flexibility index (Phi) is 3.81. The fraction of sp³-hybridized carbons (Fsp3) is 0.200. The number of hydrogen-bond acceptors (Lipinski definition) is 4. The van der Waals surface area contributed by atoms with Crippen LogP contribution >= 0.6 is 11.3 Å². The molecule has 1 N–H and O–H groups in total. The summed E-state index contributed by atoms with van der Waals surface area (Å²) >= 11 is 1.78. The van der Waals surface area contributed by atoms with Gasteiger partial charge in [-0.2, -0.15) is 0 Å². The molecule has 3 nitrogen and oxygen atoms in total. The molecule has 142 valence electrons. The highest BCUT2D eigenvalue weighted by Gasteiger charge is 2.38. The number of thiazole rings is 1. The van der Waals surface area contributed by atoms with Crippen LogP contribution in [0.4, 0.5) is 5.69 Å². The summed E-state index contributed by atoms with van der Waals surface area (Å²) in [4.78, 5) is 9.24. The largest absolute Gasteiger partial charge is 0.378 e. The molecule has 4 heteroatoms. The lowest BCUT2D eigenvalue weighted by atomic mass is 9.77. The maximum Gasteiger partial charge on any atom is 0.124 e. The van der Waals surface area contributed by atoms with Crippen molar-refractivity contribution in [1.82, 2.24) is 9.97 Å². The first-order valence-corrected chi connectivity index (χ1v) is 10.9. The highest BCUT2D eigenvalue weighted by molar-refractivity contribution is 7.21. The van der Waals surface area contributed by atoms with E-state index < -0.39 is 0 Å². The summed E-state index contributed by atoms with van der Waals surface area (Å²) < 4.78 is 1.26. The van der Waals surface area contributed by atoms with E-state index in [4.69, 9.17) is 4.98 Å². The SMILES string of the molecule is Cc1ccc2nc(-c3ccc4c(c3)[C@H]3C=CC[C@H]3[C@@H](c3cccnc3)N4)sc2c1. The summed E-state index contributed by atoms with van der Waals surface area (Å²) in [7, 11) is 0. The molecule has 2 aromatic heterocycles. The van der Waals surface area contributed by atoms with Crippen molar-refractivity contribution >= 4 is 27.2 Å². The third-order valence-corrected chi connectivity index (χ3v) is 7.26. The summed E-state index contributed by atoms with van der Waals surface area (Å²) in [6, 6.07) is 17.8. The molecular weight excluding hydrogens is 374 g/mol. The number of anilines is 1. The van der Waals surface area contributed by atoms with Crippen LogP contribution in [-0.2, 0) is 0 Å². The van der Waals surface area contributed by atoms with Crippen molar-refractivity contribution in [3.63, 3.8) is 0 Å². The predicted molar refractivity (Wildman–Crippen MR) is 120 cm³/mol. The van der Waals surface area contributed by atoms with Gasteiger partial charge in [0.25, 0.3) is 0 Å². The summed E-state index contributed by atoms with van der Waals surface area (Å²) in [5.74, 6) is 0.966. The first kappa shape index (κ1) is 16.9. The molecule has 3 atom stereocenters. The number of aromatic nitrogens is 2. The molecule has 0 unspecified atom stereocenters. The van der Waals surface area contributed by atoms with E-state index in [2.05, 4.69) is 71.8 Å². The van der Waals surface area contributed by atoms with Crippen LogP contribution in [0.3, 0.4) is 0 Å². The maximum atomic E-state index is 4.89. The monoisotopic (exact) mass is 395 g/mol. The average molecular weight is 396 g/mol. The Balaban J connectivity index is 1.42. The van der Waals surface area contributed by atoms with Crippen LogP contribution in [0.2, 0.25) is 0 Å². The van der Waals surface area contributed by atoms with Gasteiger partial charge >= 0.3 is 0 Å². The molecule has 1 aliphatic heterocycles. The number of fused-ring (bicyclic) bond motifs is 4. The van der Waals surface area contributed by atoms with Gasteiger partial charge < -0.3 is 5.32 Å². The van der Waals surface area contributed by atoms with Gasteiger partial charge in [-0.1, -0.05) is 24.3 Å². The first-order valence-electron chi connectivity index (χ1n) is 10.1. The van der Waals surface area contributed by atoms with Gasteiger partial charge in [0, 0.05) is 29.6 Å². The Hall–Kier alpha value is -2.98. The molecule has 4 aromatic rings. The molecular formula is C25H21N3S. The smallest absolute Gasteiger partial charge is 0.124 e. The van der Waals surface area contributed by atoms with Gasteiger partial charge in [-0.05, 0) is 72.4 Å². The van der Waals surface area contributed by atoms with E-state index in [9.17, 15) is 0 Å². The Bertz CT molecular complexity index is 1240. The van der Waals surface area contributed by atoms with Crippen LogP contribution in [0.1, 0.15) is 35.1 Å². The van der Waals surface area contributed by atoms with E-state index in [1.54, 1.807) is 11.3 Å². The molecule has 0 bridgehead atoms. The molecule has 0 fully saturated rings. The number of hydrogen-bond donors (Lipinski definition) is 1. The lowest BCUT2D eigenvalue weighted by molar-refractivity contribution is 0.425. The fourth-order valence-electron chi connectivity index (χ4n) is 4.77. The summed E-state index contributed by atoms with van der Waals surface area (Å²) in [6.07, 6.45) is 9.66. The van der Waals surface area contributed by atoms with E-state index in [0.29, 0.717) is 17.9 Å². The highest BCUT2D eigenvalue weighted by atomic mass is 32.1. The average Bonchev–Trinajstić information content (AvgIpc) is 3.40. The number of benzene rings is 2. The molecule has 29 heavy (non-hydrogen) atoms. The van der Waals surface area contributed by atoms with Crippen LogP contribution in [-0.4, -0.2) is 9.97 Å². The molecule has 0 spiro atoms. The molecule has 2 aliphatic rings. The Morgan fingerprint density at radius 3 is 2.97 bits per heavy atom. The third kappa shape index (κ3) is 2.78. The van der Waals surface area contributed by atoms with E-state index in [0.717, 1.165) is 16.9 Å². The number of aryl methyl sites for hydroxylation is 1. The Morgan fingerprint density at radius 1 is 1.10 bits per heavy atom. The highest BCUT2D eigenvalue weighted by Crippen LogP contribution is 2.50. The van der Waals surface area contributed by atoms with Crippen molar-refractivity contribution < 1.29 is 0 Å². The van der Waals surface area contributed by atoms with Gasteiger partial charge in [0.2, 0.25) is 0 Å². The minimum Gasteiger partial charge on any atom is -0.378 e. The second-order valence-corrected chi connectivity index (χ2v) is 9.08. The van der Waals surface area contributed by atoms with Gasteiger partial charge in [0.05, 0.1) is 16.3 Å². The second kappa shape index (κ2) is 6.53. The van der Waals surface area contributed by atoms with Crippen molar-refractivity contribution in [1.29, 1.82) is 0 Å². The standard InChI is InChI=1S/C25H21N3S/c1-15-7-9-22-23(12-15)29-25(28-22)16-8-10-21-20(13-16)18-5-2-6-19(18)24(27-21)17-4-3-11-26-14-17/h2-5,7-14,18-19,24,27H,6H2,1H3/t18-,19+,24+/m0/s1. The topological polar surface area (TPSA) is 37.8 Å². The zero-order chi connectivity index (χ0) is 19.4. The van der Waals surface area contributed by atoms with Crippen molar-refractivity contribution in [2.45, 2.75) is 25.3 Å². The quantitative estimate of drug-likeness (QED) is 0.394. The minimum absolute atomic E-state index is 0.299. The van der Waals surface area contributed by atoms with E-state index in [1.165, 1.54) is 32.6 Å². The first-order chi connectivity index (χ1) is 14.3. The molecule has 0 radical (unpaired) electrons. The number of allylic oxidation sites excluding steroid dienone is 2. The van der Waals surface area contributed by atoms with E-state index in [-0.39, 0.29) is 0 Å². The van der Waals surface area contributed by atoms with Crippen molar-refractivity contribution in [2.75, 3.05) is 5.32 Å². The summed E-state index contributed by atoms with van der Waals surface area (Å²) in [5.41, 5.74) is 7.46. The number of pyridine rings is 1. The Labute approximate surface area is 174 Å². The lowest BCUT2D eigenvalue weighted by Gasteiger charge is -2.37. The zero-order valence-corrected chi connectivity index (χ0v) is 17.0. The second-order valence-electron chi connectivity index (χ2n) is 8.05. The molecule has 1 aliphatic carbocycles. The number of nitrogens with one attached hydrogen (secondary N) is 1. The van der Waals surface area contributed by atoms with Gasteiger partial charge in [0.15, 0.2) is 0 Å². The van der Waals surface area contributed by atoms with Crippen LogP contribution in [0, 0.1) is 12.8 Å². The molecule has 6 rings (SSSR count). The lowest BCUT2D eigenvalue weighted by Crippen LogP contribution is -2.29. The molecule has 0 saturated carbocycles. The third-order valence-electron chi connectivity index (χ3n) is 6.20. The van der Waals surface area contributed by atoms with Crippen molar-refractivity contribution in [2.24, 2.45) is 5.92 Å². The van der Waals surface area contributed by atoms with Crippen LogP contribution < -0.4 is 5.32 Å². The fourth-order valence-corrected chi connectivity index (χ4v) is 5.83. The van der Waals surface area contributed by atoms with Gasteiger partial charge in [0.1, 0.15) is 5.01 Å². The van der Waals surface area contributed by atoms with Crippen LogP contribution in [0.15, 0.2) is 73.1 Å². The van der Waals surface area contributed by atoms with Crippen LogP contribution in [0.25, 0.3) is 20.8 Å². The maximum absolute atomic E-state index is 4.89. The molecule has 0 amide bonds. The summed E-state index contributed by atoms with van der Waals surface area (Å²) in [5, 5.41) is 4.90. The van der Waals surface area contributed by atoms with Crippen molar-refractivity contribution in [3.8, 4) is 10.6 Å². The van der Waals surface area contributed by atoms with Gasteiger partial charge in [-0.15, -0.1) is 11.3 Å². The van der Waals surface area contributed by atoms with Gasteiger partial charge in [-0.25, -0.2) is 4.98 Å². The predicted octanol–water partition coefficient (Wildman–Crippen LogP) is 6.49. The molecule has 2 aromatic carbocycles.